The summed E-state index contributed by atoms with van der Waals surface area (Å²) in [4.78, 5) is 0. The van der Waals surface area contributed by atoms with Crippen molar-refractivity contribution in [2.24, 2.45) is 0 Å². The minimum atomic E-state index is 0.189. The number of hydrogen-bond acceptors (Lipinski definition) is 3. The highest BCUT2D eigenvalue weighted by atomic mass is 15.2. The Bertz CT molecular complexity index is 313. The van der Waals surface area contributed by atoms with Crippen molar-refractivity contribution in [3.8, 4) is 0 Å². The summed E-state index contributed by atoms with van der Waals surface area (Å²) in [7, 11) is 2.12. The molecular weight excluding hydrogens is 315 g/mol. The van der Waals surface area contributed by atoms with Crippen molar-refractivity contribution >= 4 is 21.5 Å². The molecule has 1 aliphatic heterocycles. The highest BCUT2D eigenvalue weighted by Crippen LogP contribution is 2.23. The lowest BCUT2D eigenvalue weighted by Crippen LogP contribution is -2.74. The van der Waals surface area contributed by atoms with Crippen molar-refractivity contribution in [1.29, 1.82) is 0 Å². The van der Waals surface area contributed by atoms with Gasteiger partial charge in [-0.1, -0.05) is 90.9 Å². The zero-order chi connectivity index (χ0) is 19.3. The largest absolute Gasteiger partial charge is 0.375 e. The van der Waals surface area contributed by atoms with Crippen LogP contribution in [0.4, 0.5) is 0 Å². The molecule has 0 aromatic carbocycles. The molecular formula is C20H45B3N3. The van der Waals surface area contributed by atoms with Crippen molar-refractivity contribution in [3.63, 3.8) is 0 Å². The summed E-state index contributed by atoms with van der Waals surface area (Å²) in [6, 6.07) is 0. The molecule has 1 rings (SSSR count). The van der Waals surface area contributed by atoms with Crippen LogP contribution in [-0.2, 0) is 0 Å². The van der Waals surface area contributed by atoms with Crippen LogP contribution in [0.5, 0.6) is 0 Å². The number of nitrogens with zero attached hydrogens (tertiary/aromatic N) is 1. The maximum atomic E-state index is 3.62. The number of rotatable bonds is 14. The van der Waals surface area contributed by atoms with E-state index in [1.807, 2.05) is 0 Å². The predicted octanol–water partition coefficient (Wildman–Crippen LogP) is 5.51. The first-order chi connectivity index (χ1) is 12.5. The average Bonchev–Trinajstić information content (AvgIpc) is 2.60. The summed E-state index contributed by atoms with van der Waals surface area (Å²) in [6.45, 7) is 12.6. The Balaban J connectivity index is 2.41. The molecule has 0 amide bonds. The summed E-state index contributed by atoms with van der Waals surface area (Å²) in [6.07, 6.45) is 19.0. The van der Waals surface area contributed by atoms with E-state index in [0.29, 0.717) is 14.0 Å². The first-order valence-corrected chi connectivity index (χ1v) is 11.6. The molecule has 3 nitrogen and oxygen atoms in total. The fraction of sp³-hybridized carbons (Fsp3) is 1.00. The second kappa shape index (κ2) is 14.1. The van der Waals surface area contributed by atoms with Crippen LogP contribution in [-0.4, -0.2) is 31.8 Å². The van der Waals surface area contributed by atoms with E-state index in [-0.39, 0.29) is 5.54 Å². The van der Waals surface area contributed by atoms with Gasteiger partial charge in [0.1, 0.15) is 0 Å². The second-order valence-corrected chi connectivity index (χ2v) is 9.20. The molecule has 0 spiro atoms. The van der Waals surface area contributed by atoms with Crippen LogP contribution < -0.4 is 10.3 Å². The highest BCUT2D eigenvalue weighted by molar-refractivity contribution is 6.81. The third-order valence-electron chi connectivity index (χ3n) is 5.66. The van der Waals surface area contributed by atoms with Gasteiger partial charge in [-0.15, -0.1) is 0 Å². The summed E-state index contributed by atoms with van der Waals surface area (Å²) in [5.74, 6) is 0. The zero-order valence-electron chi connectivity index (χ0n) is 18.6. The molecule has 0 aliphatic carbocycles. The Hall–Kier alpha value is 0.0748. The molecule has 0 saturated carbocycles. The number of nitrogens with one attached hydrogen (secondary N) is 2. The van der Waals surface area contributed by atoms with Gasteiger partial charge in [-0.05, 0) is 39.0 Å². The van der Waals surface area contributed by atoms with Crippen LogP contribution in [0.25, 0.3) is 0 Å². The Morgan fingerprint density at radius 1 is 0.654 bits per heavy atom. The van der Waals surface area contributed by atoms with Crippen molar-refractivity contribution < 1.29 is 0 Å². The molecule has 2 N–H and O–H groups in total. The monoisotopic (exact) mass is 360 g/mol. The molecule has 1 heterocycles. The smallest absolute Gasteiger partial charge is 0.287 e. The molecule has 0 aromatic rings. The average molecular weight is 360 g/mol. The minimum absolute atomic E-state index is 0.189. The first-order valence-electron chi connectivity index (χ1n) is 11.6. The Morgan fingerprint density at radius 3 is 1.42 bits per heavy atom. The second-order valence-electron chi connectivity index (χ2n) is 9.20. The maximum absolute atomic E-state index is 3.62. The van der Waals surface area contributed by atoms with E-state index in [4.69, 9.17) is 0 Å². The Morgan fingerprint density at radius 2 is 1.04 bits per heavy atom. The van der Waals surface area contributed by atoms with E-state index in [1.165, 1.54) is 89.7 Å². The van der Waals surface area contributed by atoms with E-state index < -0.39 is 0 Å². The van der Waals surface area contributed by atoms with Gasteiger partial charge in [-0.3, -0.25) is 0 Å². The molecule has 1 radical (unpaired) electrons. The quantitative estimate of drug-likeness (QED) is 0.316. The van der Waals surface area contributed by atoms with Crippen LogP contribution in [0, 0.1) is 0 Å². The van der Waals surface area contributed by atoms with E-state index in [2.05, 4.69) is 57.2 Å². The Kier molecular flexibility index (Phi) is 13.1. The van der Waals surface area contributed by atoms with E-state index >= 15 is 0 Å². The van der Waals surface area contributed by atoms with Gasteiger partial charge in [0.15, 0.2) is 0 Å². The molecule has 26 heavy (non-hydrogen) atoms. The van der Waals surface area contributed by atoms with Gasteiger partial charge in [-0.2, -0.15) is 0 Å². The Labute approximate surface area is 166 Å². The van der Waals surface area contributed by atoms with Gasteiger partial charge in [0.05, 0.1) is 0 Å². The van der Waals surface area contributed by atoms with Crippen LogP contribution in [0.15, 0.2) is 0 Å². The van der Waals surface area contributed by atoms with Crippen molar-refractivity contribution in [2.45, 2.75) is 130 Å². The molecule has 6 heteroatoms. The van der Waals surface area contributed by atoms with Crippen molar-refractivity contribution in [2.75, 3.05) is 0 Å². The van der Waals surface area contributed by atoms with Gasteiger partial charge in [0.25, 0.3) is 21.5 Å². The van der Waals surface area contributed by atoms with Gasteiger partial charge in [0.2, 0.25) is 0 Å². The summed E-state index contributed by atoms with van der Waals surface area (Å²) >= 11 is 0. The lowest BCUT2D eigenvalue weighted by Gasteiger charge is -2.48. The molecule has 0 bridgehead atoms. The molecule has 149 valence electrons. The van der Waals surface area contributed by atoms with E-state index in [0.717, 1.165) is 0 Å². The molecule has 0 aromatic heterocycles. The van der Waals surface area contributed by atoms with Crippen LogP contribution in [0.1, 0.15) is 112 Å². The van der Waals surface area contributed by atoms with Crippen LogP contribution in [0.2, 0.25) is 12.6 Å². The van der Waals surface area contributed by atoms with Crippen LogP contribution >= 0.6 is 0 Å². The standard InChI is InChI=1S/C20H45B3N3/c1-6-8-10-12-14-16-18-22-24-21-25-23(26(22)20(3,4)5)19-17-15-13-11-9-7-2/h24-25H,6-19H2,1-5H3. The SMILES string of the molecule is CCCCCCCCB1N[B]NB(CCCCCCCC)N1C(C)(C)C. The van der Waals surface area contributed by atoms with E-state index in [1.54, 1.807) is 0 Å². The van der Waals surface area contributed by atoms with Crippen molar-refractivity contribution in [3.05, 3.63) is 0 Å². The fourth-order valence-corrected chi connectivity index (χ4v) is 4.23. The summed E-state index contributed by atoms with van der Waals surface area (Å²) in [5.41, 5.74) is 0.189. The van der Waals surface area contributed by atoms with Crippen LogP contribution in [0.3, 0.4) is 0 Å². The molecule has 0 unspecified atom stereocenters. The molecule has 1 fully saturated rings. The molecule has 1 aliphatic rings. The molecule has 1 saturated heterocycles. The van der Waals surface area contributed by atoms with Gasteiger partial charge in [-0.25, -0.2) is 0 Å². The third-order valence-corrected chi connectivity index (χ3v) is 5.66. The highest BCUT2D eigenvalue weighted by Gasteiger charge is 2.41. The first kappa shape index (κ1) is 24.1. The third kappa shape index (κ3) is 9.85. The fourth-order valence-electron chi connectivity index (χ4n) is 4.23. The summed E-state index contributed by atoms with van der Waals surface area (Å²) in [5, 5.41) is 7.23. The normalized spacial score (nSPS) is 16.2. The maximum Gasteiger partial charge on any atom is 0.287 e. The summed E-state index contributed by atoms with van der Waals surface area (Å²) < 4.78 is 2.70. The van der Waals surface area contributed by atoms with Gasteiger partial charge >= 0.3 is 0 Å². The number of unbranched alkanes of at least 4 members (excludes halogenated alkanes) is 10. The van der Waals surface area contributed by atoms with Gasteiger partial charge < -0.3 is 15.0 Å². The van der Waals surface area contributed by atoms with Gasteiger partial charge in [0, 0.05) is 0 Å². The lowest BCUT2D eigenvalue weighted by molar-refractivity contribution is 0.349. The zero-order valence-corrected chi connectivity index (χ0v) is 18.6. The lowest BCUT2D eigenvalue weighted by atomic mass is 9.47. The topological polar surface area (TPSA) is 27.3 Å². The van der Waals surface area contributed by atoms with E-state index in [9.17, 15) is 0 Å². The molecule has 0 atom stereocenters. The minimum Gasteiger partial charge on any atom is -0.375 e. The van der Waals surface area contributed by atoms with Crippen molar-refractivity contribution in [1.82, 2.24) is 15.0 Å². The predicted molar refractivity (Wildman–Crippen MR) is 121 cm³/mol. The number of hydrogen-bond donors (Lipinski definition) is 2.